The molecule has 136 valence electrons. The predicted octanol–water partition coefficient (Wildman–Crippen LogP) is 2.89. The van der Waals surface area contributed by atoms with Crippen LogP contribution in [0.25, 0.3) is 0 Å². The number of aliphatic hydroxyl groups is 1. The lowest BCUT2D eigenvalue weighted by Crippen LogP contribution is -2.46. The van der Waals surface area contributed by atoms with Crippen molar-refractivity contribution in [2.75, 3.05) is 19.8 Å². The van der Waals surface area contributed by atoms with Gasteiger partial charge in [-0.1, -0.05) is 13.8 Å². The van der Waals surface area contributed by atoms with Crippen LogP contribution in [-0.2, 0) is 6.18 Å². The molecule has 1 N–H and O–H groups in total. The highest BCUT2D eigenvalue weighted by molar-refractivity contribution is 5.16. The van der Waals surface area contributed by atoms with Gasteiger partial charge >= 0.3 is 6.18 Å². The first-order valence-electron chi connectivity index (χ1n) is 8.34. The Hall–Kier alpha value is -1.41. The second-order valence-corrected chi connectivity index (χ2v) is 5.92. The molecule has 0 aliphatic carbocycles. The van der Waals surface area contributed by atoms with Gasteiger partial charge in [-0.25, -0.2) is 9.97 Å². The number of nitrogens with zero attached hydrogens (tertiary/aromatic N) is 3. The average Bonchev–Trinajstić information content (AvgIpc) is 3.14. The Bertz CT molecular complexity index is 542. The van der Waals surface area contributed by atoms with E-state index < -0.39 is 11.9 Å². The maximum Gasteiger partial charge on any atom is 0.433 e. The molecule has 2 aliphatic heterocycles. The first-order valence-corrected chi connectivity index (χ1v) is 8.34. The van der Waals surface area contributed by atoms with Crippen LogP contribution >= 0.6 is 0 Å². The maximum absolute atomic E-state index is 12.6. The van der Waals surface area contributed by atoms with Gasteiger partial charge in [0.2, 0.25) is 5.88 Å². The number of fused-ring (bicyclic) bond motifs is 1. The molecule has 0 bridgehead atoms. The molecule has 0 saturated carbocycles. The van der Waals surface area contributed by atoms with E-state index in [4.69, 9.17) is 4.74 Å². The topological polar surface area (TPSA) is 58.5 Å². The third kappa shape index (κ3) is 3.80. The highest BCUT2D eigenvalue weighted by Crippen LogP contribution is 2.42. The molecule has 24 heavy (non-hydrogen) atoms. The van der Waals surface area contributed by atoms with Gasteiger partial charge in [-0.05, 0) is 32.2 Å². The van der Waals surface area contributed by atoms with Crippen LogP contribution in [-0.4, -0.2) is 51.3 Å². The van der Waals surface area contributed by atoms with Crippen molar-refractivity contribution in [1.82, 2.24) is 14.9 Å². The van der Waals surface area contributed by atoms with Crippen molar-refractivity contribution in [2.24, 2.45) is 0 Å². The fraction of sp³-hybridized carbons (Fsp3) is 0.750. The summed E-state index contributed by atoms with van der Waals surface area (Å²) < 4.78 is 43.2. The Balaban J connectivity index is 0.00000100. The second-order valence-electron chi connectivity index (χ2n) is 5.92. The number of alkyl halides is 3. The van der Waals surface area contributed by atoms with Gasteiger partial charge in [0, 0.05) is 17.6 Å². The summed E-state index contributed by atoms with van der Waals surface area (Å²) in [6.45, 7) is 5.29. The van der Waals surface area contributed by atoms with E-state index in [2.05, 4.69) is 14.9 Å². The minimum Gasteiger partial charge on any atom is -0.476 e. The van der Waals surface area contributed by atoms with Gasteiger partial charge in [-0.15, -0.1) is 0 Å². The first kappa shape index (κ1) is 18.9. The zero-order valence-electron chi connectivity index (χ0n) is 14.0. The Kier molecular flexibility index (Phi) is 6.03. The number of aromatic nitrogens is 2. The van der Waals surface area contributed by atoms with E-state index in [9.17, 15) is 18.3 Å². The maximum atomic E-state index is 12.6. The van der Waals surface area contributed by atoms with Crippen LogP contribution in [0.1, 0.15) is 45.2 Å². The molecule has 2 saturated heterocycles. The molecule has 0 spiro atoms. The molecular formula is C16H24F3N3O2. The van der Waals surface area contributed by atoms with Crippen LogP contribution in [0.5, 0.6) is 5.88 Å². The van der Waals surface area contributed by atoms with Crippen LogP contribution in [0.2, 0.25) is 0 Å². The quantitative estimate of drug-likeness (QED) is 0.908. The summed E-state index contributed by atoms with van der Waals surface area (Å²) in [5.74, 6) is -0.0666. The summed E-state index contributed by atoms with van der Waals surface area (Å²) in [5, 5.41) is 9.63. The average molecular weight is 347 g/mol. The van der Waals surface area contributed by atoms with Crippen LogP contribution in [0.4, 0.5) is 13.2 Å². The molecule has 3 rings (SSSR count). The molecule has 8 heteroatoms. The van der Waals surface area contributed by atoms with Crippen LogP contribution in [0.15, 0.2) is 12.4 Å². The van der Waals surface area contributed by atoms with Crippen molar-refractivity contribution in [3.05, 3.63) is 18.1 Å². The van der Waals surface area contributed by atoms with Gasteiger partial charge in [-0.2, -0.15) is 13.2 Å². The van der Waals surface area contributed by atoms with Crippen molar-refractivity contribution in [1.29, 1.82) is 0 Å². The van der Waals surface area contributed by atoms with Crippen molar-refractivity contribution >= 4 is 0 Å². The fourth-order valence-corrected chi connectivity index (χ4v) is 3.57. The second kappa shape index (κ2) is 7.65. The van der Waals surface area contributed by atoms with Crippen molar-refractivity contribution in [3.8, 4) is 5.88 Å². The Morgan fingerprint density at radius 3 is 2.75 bits per heavy atom. The third-order valence-electron chi connectivity index (χ3n) is 4.68. The number of halogens is 3. The van der Waals surface area contributed by atoms with E-state index in [-0.39, 0.29) is 30.7 Å². The van der Waals surface area contributed by atoms with Crippen molar-refractivity contribution in [3.63, 3.8) is 0 Å². The van der Waals surface area contributed by atoms with E-state index in [0.29, 0.717) is 0 Å². The molecule has 3 heterocycles. The van der Waals surface area contributed by atoms with Gasteiger partial charge in [-0.3, -0.25) is 4.90 Å². The number of ether oxygens (including phenoxy) is 1. The SMILES string of the molecule is CC.OCC12CCCN1C(COc1cc(C(F)(F)F)ncn1)CC2. The normalized spacial score (nSPS) is 26.7. The van der Waals surface area contributed by atoms with E-state index in [1.165, 1.54) is 0 Å². The smallest absolute Gasteiger partial charge is 0.433 e. The van der Waals surface area contributed by atoms with Crippen LogP contribution < -0.4 is 4.74 Å². The van der Waals surface area contributed by atoms with Gasteiger partial charge in [0.1, 0.15) is 12.9 Å². The van der Waals surface area contributed by atoms with Gasteiger partial charge in [0.25, 0.3) is 0 Å². The standard InChI is InChI=1S/C14H18F3N3O2.C2H6/c15-14(16,17)11-6-12(19-9-18-11)22-7-10-2-4-13(8-21)3-1-5-20(10)13;1-2/h6,9-10,21H,1-5,7-8H2;1-2H3. The molecular weight excluding hydrogens is 323 g/mol. The zero-order valence-corrected chi connectivity index (χ0v) is 14.0. The summed E-state index contributed by atoms with van der Waals surface area (Å²) in [7, 11) is 0. The summed E-state index contributed by atoms with van der Waals surface area (Å²) in [6.07, 6.45) is 0.122. The minimum atomic E-state index is -4.50. The molecule has 1 aromatic rings. The van der Waals surface area contributed by atoms with Crippen molar-refractivity contribution in [2.45, 2.75) is 57.3 Å². The van der Waals surface area contributed by atoms with Crippen LogP contribution in [0, 0.1) is 0 Å². The molecule has 2 fully saturated rings. The third-order valence-corrected chi connectivity index (χ3v) is 4.68. The highest BCUT2D eigenvalue weighted by atomic mass is 19.4. The van der Waals surface area contributed by atoms with E-state index in [1.54, 1.807) is 0 Å². The Labute approximate surface area is 139 Å². The molecule has 2 unspecified atom stereocenters. The highest BCUT2D eigenvalue weighted by Gasteiger charge is 2.48. The van der Waals surface area contributed by atoms with Crippen LogP contribution in [0.3, 0.4) is 0 Å². The predicted molar refractivity (Wildman–Crippen MR) is 82.7 cm³/mol. The number of hydrogen-bond donors (Lipinski definition) is 1. The summed E-state index contributed by atoms with van der Waals surface area (Å²) in [4.78, 5) is 9.18. The summed E-state index contributed by atoms with van der Waals surface area (Å²) in [5.41, 5.74) is -1.16. The van der Waals surface area contributed by atoms with E-state index in [0.717, 1.165) is 44.6 Å². The monoisotopic (exact) mass is 347 g/mol. The lowest BCUT2D eigenvalue weighted by molar-refractivity contribution is -0.141. The van der Waals surface area contributed by atoms with Crippen molar-refractivity contribution < 1.29 is 23.0 Å². The summed E-state index contributed by atoms with van der Waals surface area (Å²) in [6, 6.07) is 0.928. The molecule has 0 amide bonds. The lowest BCUT2D eigenvalue weighted by atomic mass is 9.95. The molecule has 2 atom stereocenters. The van der Waals surface area contributed by atoms with E-state index >= 15 is 0 Å². The fourth-order valence-electron chi connectivity index (χ4n) is 3.57. The Morgan fingerprint density at radius 1 is 1.33 bits per heavy atom. The van der Waals surface area contributed by atoms with Gasteiger partial charge in [0.05, 0.1) is 6.61 Å². The minimum absolute atomic E-state index is 0.0666. The van der Waals surface area contributed by atoms with Gasteiger partial charge in [0.15, 0.2) is 5.69 Å². The number of rotatable bonds is 4. The molecule has 1 aromatic heterocycles. The summed E-state index contributed by atoms with van der Waals surface area (Å²) >= 11 is 0. The largest absolute Gasteiger partial charge is 0.476 e. The number of aliphatic hydroxyl groups excluding tert-OH is 1. The van der Waals surface area contributed by atoms with E-state index in [1.807, 2.05) is 13.8 Å². The lowest BCUT2D eigenvalue weighted by Gasteiger charge is -2.33. The Morgan fingerprint density at radius 2 is 2.08 bits per heavy atom. The van der Waals surface area contributed by atoms with Gasteiger partial charge < -0.3 is 9.84 Å². The molecule has 0 radical (unpaired) electrons. The number of hydrogen-bond acceptors (Lipinski definition) is 5. The molecule has 2 aliphatic rings. The zero-order chi connectivity index (χ0) is 17.8. The molecule has 5 nitrogen and oxygen atoms in total. The molecule has 0 aromatic carbocycles. The first-order chi connectivity index (χ1) is 11.4.